The van der Waals surface area contributed by atoms with Crippen LogP contribution in [0, 0.1) is 0 Å². The van der Waals surface area contributed by atoms with E-state index in [0.29, 0.717) is 6.04 Å². The van der Waals surface area contributed by atoms with Crippen LogP contribution in [0.5, 0.6) is 0 Å². The zero-order chi connectivity index (χ0) is 9.10. The van der Waals surface area contributed by atoms with Gasteiger partial charge in [-0.3, -0.25) is 4.90 Å². The molecular formula is C8H14N4S. The van der Waals surface area contributed by atoms with Crippen molar-refractivity contribution in [2.45, 2.75) is 19.0 Å². The molecule has 0 bridgehead atoms. The standard InChI is InChI=1S/C8H14N4S/c1-9-7-2-3-12(5-7)6-8-4-10-11-13-8/h4,7,9H,2-3,5-6H2,1H3. The van der Waals surface area contributed by atoms with E-state index >= 15 is 0 Å². The highest BCUT2D eigenvalue weighted by Gasteiger charge is 2.20. The fraction of sp³-hybridized carbons (Fsp3) is 0.750. The molecule has 1 aliphatic rings. The topological polar surface area (TPSA) is 41.0 Å². The van der Waals surface area contributed by atoms with Gasteiger partial charge in [0.2, 0.25) is 0 Å². The molecule has 1 saturated heterocycles. The maximum absolute atomic E-state index is 3.85. The van der Waals surface area contributed by atoms with Crippen molar-refractivity contribution in [3.63, 3.8) is 0 Å². The van der Waals surface area contributed by atoms with Crippen LogP contribution >= 0.6 is 11.5 Å². The summed E-state index contributed by atoms with van der Waals surface area (Å²) in [6.45, 7) is 3.34. The number of aromatic nitrogens is 2. The summed E-state index contributed by atoms with van der Waals surface area (Å²) in [7, 11) is 2.03. The van der Waals surface area contributed by atoms with E-state index in [9.17, 15) is 0 Å². The van der Waals surface area contributed by atoms with E-state index in [1.807, 2.05) is 13.2 Å². The highest BCUT2D eigenvalue weighted by atomic mass is 32.1. The predicted octanol–water partition coefficient (Wildman–Crippen LogP) is 0.332. The van der Waals surface area contributed by atoms with Crippen molar-refractivity contribution in [1.29, 1.82) is 0 Å². The summed E-state index contributed by atoms with van der Waals surface area (Å²) in [6, 6.07) is 0.667. The average molecular weight is 198 g/mol. The van der Waals surface area contributed by atoms with E-state index in [1.54, 1.807) is 0 Å². The molecule has 1 atom stereocenters. The minimum Gasteiger partial charge on any atom is -0.316 e. The van der Waals surface area contributed by atoms with Crippen LogP contribution in [0.25, 0.3) is 0 Å². The van der Waals surface area contributed by atoms with E-state index in [1.165, 1.54) is 29.4 Å². The van der Waals surface area contributed by atoms with Crippen molar-refractivity contribution in [2.24, 2.45) is 0 Å². The molecule has 2 heterocycles. The summed E-state index contributed by atoms with van der Waals surface area (Å²) in [5.74, 6) is 0. The third-order valence-corrected chi connectivity index (χ3v) is 3.11. The minimum atomic E-state index is 0.667. The molecule has 5 heteroatoms. The van der Waals surface area contributed by atoms with Crippen molar-refractivity contribution in [3.8, 4) is 0 Å². The smallest absolute Gasteiger partial charge is 0.0666 e. The number of nitrogens with zero attached hydrogens (tertiary/aromatic N) is 3. The van der Waals surface area contributed by atoms with Gasteiger partial charge in [0.1, 0.15) is 0 Å². The summed E-state index contributed by atoms with van der Waals surface area (Å²) in [5.41, 5.74) is 0. The van der Waals surface area contributed by atoms with Gasteiger partial charge in [0.05, 0.1) is 11.1 Å². The average Bonchev–Trinajstić information content (AvgIpc) is 2.76. The Hall–Kier alpha value is -0.520. The summed E-state index contributed by atoms with van der Waals surface area (Å²) in [4.78, 5) is 3.70. The van der Waals surface area contributed by atoms with E-state index < -0.39 is 0 Å². The first-order valence-electron chi connectivity index (χ1n) is 4.54. The maximum Gasteiger partial charge on any atom is 0.0666 e. The summed E-state index contributed by atoms with van der Waals surface area (Å²) >= 11 is 1.50. The second-order valence-corrected chi connectivity index (χ2v) is 4.26. The molecule has 1 aromatic rings. The SMILES string of the molecule is CNC1CCN(Cc2cnns2)C1. The number of hydrogen-bond donors (Lipinski definition) is 1. The molecule has 1 fully saturated rings. The van der Waals surface area contributed by atoms with E-state index in [4.69, 9.17) is 0 Å². The lowest BCUT2D eigenvalue weighted by atomic mass is 10.3. The van der Waals surface area contributed by atoms with Crippen LogP contribution in [0.15, 0.2) is 6.20 Å². The highest BCUT2D eigenvalue weighted by molar-refractivity contribution is 7.05. The summed E-state index contributed by atoms with van der Waals surface area (Å²) in [5, 5.41) is 7.13. The van der Waals surface area contributed by atoms with Gasteiger partial charge in [-0.25, -0.2) is 0 Å². The molecule has 72 valence electrons. The van der Waals surface area contributed by atoms with Gasteiger partial charge in [-0.15, -0.1) is 5.10 Å². The predicted molar refractivity (Wildman–Crippen MR) is 52.7 cm³/mol. The molecule has 1 unspecified atom stereocenters. The molecule has 2 rings (SSSR count). The molecule has 0 saturated carbocycles. The van der Waals surface area contributed by atoms with Gasteiger partial charge in [-0.05, 0) is 25.0 Å². The molecule has 1 N–H and O–H groups in total. The van der Waals surface area contributed by atoms with Gasteiger partial charge in [-0.1, -0.05) is 4.49 Å². The summed E-state index contributed by atoms with van der Waals surface area (Å²) in [6.07, 6.45) is 3.11. The van der Waals surface area contributed by atoms with Crippen LogP contribution in [0.4, 0.5) is 0 Å². The van der Waals surface area contributed by atoms with Crippen molar-refractivity contribution in [1.82, 2.24) is 19.8 Å². The van der Waals surface area contributed by atoms with Crippen LogP contribution in [-0.4, -0.2) is 40.7 Å². The Morgan fingerprint density at radius 1 is 1.77 bits per heavy atom. The molecule has 4 nitrogen and oxygen atoms in total. The van der Waals surface area contributed by atoms with Crippen LogP contribution in [-0.2, 0) is 6.54 Å². The molecule has 1 aliphatic heterocycles. The molecular weight excluding hydrogens is 184 g/mol. The Morgan fingerprint density at radius 2 is 2.69 bits per heavy atom. The first-order chi connectivity index (χ1) is 6.38. The first-order valence-corrected chi connectivity index (χ1v) is 5.31. The van der Waals surface area contributed by atoms with Crippen molar-refractivity contribution >= 4 is 11.5 Å². The Morgan fingerprint density at radius 3 is 3.31 bits per heavy atom. The van der Waals surface area contributed by atoms with Gasteiger partial charge < -0.3 is 5.32 Å². The molecule has 1 aromatic heterocycles. The zero-order valence-corrected chi connectivity index (χ0v) is 8.55. The molecule has 0 spiro atoms. The number of hydrogen-bond acceptors (Lipinski definition) is 5. The lowest BCUT2D eigenvalue weighted by Gasteiger charge is -2.13. The number of likely N-dealkylation sites (N-methyl/N-ethyl adjacent to an activating group) is 1. The van der Waals surface area contributed by atoms with E-state index in [0.717, 1.165) is 13.1 Å². The second kappa shape index (κ2) is 4.13. The van der Waals surface area contributed by atoms with Crippen molar-refractivity contribution in [3.05, 3.63) is 11.1 Å². The molecule has 0 amide bonds. The third-order valence-electron chi connectivity index (χ3n) is 2.47. The molecule has 13 heavy (non-hydrogen) atoms. The Balaban J connectivity index is 1.84. The largest absolute Gasteiger partial charge is 0.316 e. The number of rotatable bonds is 3. The van der Waals surface area contributed by atoms with Crippen LogP contribution in [0.2, 0.25) is 0 Å². The van der Waals surface area contributed by atoms with E-state index in [2.05, 4.69) is 19.8 Å². The third kappa shape index (κ3) is 2.24. The second-order valence-electron chi connectivity index (χ2n) is 3.39. The Bertz CT molecular complexity index is 249. The fourth-order valence-electron chi connectivity index (χ4n) is 1.69. The minimum absolute atomic E-state index is 0.667. The monoisotopic (exact) mass is 198 g/mol. The first kappa shape index (κ1) is 9.05. The fourth-order valence-corrected chi connectivity index (χ4v) is 2.22. The normalized spacial score (nSPS) is 23.9. The van der Waals surface area contributed by atoms with Gasteiger partial charge in [-0.2, -0.15) is 0 Å². The van der Waals surface area contributed by atoms with Gasteiger partial charge in [0, 0.05) is 25.7 Å². The van der Waals surface area contributed by atoms with Gasteiger partial charge in [0.15, 0.2) is 0 Å². The van der Waals surface area contributed by atoms with Crippen LogP contribution < -0.4 is 5.32 Å². The van der Waals surface area contributed by atoms with E-state index in [-0.39, 0.29) is 0 Å². The number of likely N-dealkylation sites (tertiary alicyclic amines) is 1. The lowest BCUT2D eigenvalue weighted by molar-refractivity contribution is 0.325. The summed E-state index contributed by atoms with van der Waals surface area (Å²) < 4.78 is 3.85. The van der Waals surface area contributed by atoms with Gasteiger partial charge >= 0.3 is 0 Å². The Labute approximate surface area is 82.1 Å². The van der Waals surface area contributed by atoms with Crippen LogP contribution in [0.3, 0.4) is 0 Å². The highest BCUT2D eigenvalue weighted by Crippen LogP contribution is 2.13. The van der Waals surface area contributed by atoms with Crippen LogP contribution in [0.1, 0.15) is 11.3 Å². The lowest BCUT2D eigenvalue weighted by Crippen LogP contribution is -2.29. The quantitative estimate of drug-likeness (QED) is 0.760. The molecule has 0 radical (unpaired) electrons. The number of nitrogens with one attached hydrogen (secondary N) is 1. The Kier molecular flexibility index (Phi) is 2.87. The van der Waals surface area contributed by atoms with Gasteiger partial charge in [0.25, 0.3) is 0 Å². The van der Waals surface area contributed by atoms with Crippen molar-refractivity contribution in [2.75, 3.05) is 20.1 Å². The van der Waals surface area contributed by atoms with Crippen molar-refractivity contribution < 1.29 is 0 Å². The maximum atomic E-state index is 3.85. The molecule has 0 aliphatic carbocycles. The molecule has 0 aromatic carbocycles. The zero-order valence-electron chi connectivity index (χ0n) is 7.73.